The number of rotatable bonds is 4. The van der Waals surface area contributed by atoms with E-state index in [1.54, 1.807) is 14.2 Å². The standard InChI is InChI=1S/C12H20BrN3O2/c1-12(2,3)9(18-5)11-15-7(6-17-4)8(13)10(14)16-11/h9H,6H2,1-5H3,(H2,14,15,16). The van der Waals surface area contributed by atoms with Gasteiger partial charge in [-0.15, -0.1) is 0 Å². The number of methoxy groups -OCH3 is 2. The molecule has 0 saturated heterocycles. The SMILES string of the molecule is COCc1nc(C(OC)C(C)(C)C)nc(N)c1Br. The predicted molar refractivity (Wildman–Crippen MR) is 74.1 cm³/mol. The molecule has 1 atom stereocenters. The van der Waals surface area contributed by atoms with Crippen LogP contribution in [0.3, 0.4) is 0 Å². The fourth-order valence-corrected chi connectivity index (χ4v) is 2.02. The average molecular weight is 318 g/mol. The second-order valence-electron chi connectivity index (χ2n) is 5.14. The molecule has 0 radical (unpaired) electrons. The molecule has 0 aliphatic rings. The minimum absolute atomic E-state index is 0.112. The lowest BCUT2D eigenvalue weighted by molar-refractivity contribution is 0.00834. The number of nitrogens with zero attached hydrogens (tertiary/aromatic N) is 2. The van der Waals surface area contributed by atoms with Crippen molar-refractivity contribution in [2.45, 2.75) is 33.5 Å². The summed E-state index contributed by atoms with van der Waals surface area (Å²) in [5.74, 6) is 0.983. The van der Waals surface area contributed by atoms with E-state index < -0.39 is 0 Å². The highest BCUT2D eigenvalue weighted by atomic mass is 79.9. The van der Waals surface area contributed by atoms with Gasteiger partial charge in [0.15, 0.2) is 5.82 Å². The van der Waals surface area contributed by atoms with Crippen LogP contribution in [0.5, 0.6) is 0 Å². The summed E-state index contributed by atoms with van der Waals surface area (Å²) in [6.45, 7) is 6.58. The Morgan fingerprint density at radius 2 is 1.89 bits per heavy atom. The van der Waals surface area contributed by atoms with E-state index in [1.807, 2.05) is 0 Å². The highest BCUT2D eigenvalue weighted by molar-refractivity contribution is 9.10. The van der Waals surface area contributed by atoms with Crippen LogP contribution in [0.1, 0.15) is 38.4 Å². The van der Waals surface area contributed by atoms with Crippen molar-refractivity contribution in [2.24, 2.45) is 5.41 Å². The van der Waals surface area contributed by atoms with Gasteiger partial charge in [0, 0.05) is 14.2 Å². The molecule has 5 nitrogen and oxygen atoms in total. The van der Waals surface area contributed by atoms with Gasteiger partial charge in [-0.2, -0.15) is 0 Å². The van der Waals surface area contributed by atoms with E-state index in [1.165, 1.54) is 0 Å². The Morgan fingerprint density at radius 3 is 2.33 bits per heavy atom. The smallest absolute Gasteiger partial charge is 0.160 e. The van der Waals surface area contributed by atoms with Crippen LogP contribution in [-0.4, -0.2) is 24.2 Å². The summed E-state index contributed by atoms with van der Waals surface area (Å²) in [6.07, 6.45) is -0.219. The molecule has 0 aromatic carbocycles. The van der Waals surface area contributed by atoms with Gasteiger partial charge < -0.3 is 15.2 Å². The Bertz CT molecular complexity index is 419. The second-order valence-corrected chi connectivity index (χ2v) is 5.94. The highest BCUT2D eigenvalue weighted by Gasteiger charge is 2.29. The summed E-state index contributed by atoms with van der Waals surface area (Å²) in [5, 5.41) is 0. The molecule has 1 aromatic heterocycles. The van der Waals surface area contributed by atoms with Gasteiger partial charge >= 0.3 is 0 Å². The Labute approximate surface area is 116 Å². The van der Waals surface area contributed by atoms with Crippen LogP contribution >= 0.6 is 15.9 Å². The number of ether oxygens (including phenoxy) is 2. The number of nitrogens with two attached hydrogens (primary N) is 1. The quantitative estimate of drug-likeness (QED) is 0.924. The maximum atomic E-state index is 5.88. The number of anilines is 1. The first-order chi connectivity index (χ1) is 8.31. The fourth-order valence-electron chi connectivity index (χ4n) is 1.73. The Morgan fingerprint density at radius 1 is 1.28 bits per heavy atom. The summed E-state index contributed by atoms with van der Waals surface area (Å²) in [5.41, 5.74) is 6.49. The van der Waals surface area contributed by atoms with Gasteiger partial charge in [0.1, 0.15) is 11.9 Å². The van der Waals surface area contributed by atoms with Crippen LogP contribution in [0.2, 0.25) is 0 Å². The lowest BCUT2D eigenvalue weighted by Crippen LogP contribution is -2.23. The molecule has 0 fully saturated rings. The average Bonchev–Trinajstić information content (AvgIpc) is 2.24. The maximum Gasteiger partial charge on any atom is 0.160 e. The minimum Gasteiger partial charge on any atom is -0.383 e. The Kier molecular flexibility index (Phi) is 5.07. The number of hydrogen-bond acceptors (Lipinski definition) is 5. The van der Waals surface area contributed by atoms with E-state index in [9.17, 15) is 0 Å². The molecule has 1 heterocycles. The molecule has 1 unspecified atom stereocenters. The summed E-state index contributed by atoms with van der Waals surface area (Å²) < 4.78 is 11.3. The monoisotopic (exact) mass is 317 g/mol. The largest absolute Gasteiger partial charge is 0.383 e. The number of hydrogen-bond donors (Lipinski definition) is 1. The number of halogens is 1. The van der Waals surface area contributed by atoms with Gasteiger partial charge in [0.25, 0.3) is 0 Å². The molecule has 0 amide bonds. The molecule has 1 rings (SSSR count). The van der Waals surface area contributed by atoms with Crippen molar-refractivity contribution in [1.82, 2.24) is 9.97 Å². The summed E-state index contributed by atoms with van der Waals surface area (Å²) in [7, 11) is 3.26. The number of aromatic nitrogens is 2. The molecule has 2 N–H and O–H groups in total. The first kappa shape index (κ1) is 15.3. The molecule has 1 aromatic rings. The zero-order valence-electron chi connectivity index (χ0n) is 11.5. The zero-order valence-corrected chi connectivity index (χ0v) is 13.0. The van der Waals surface area contributed by atoms with Gasteiger partial charge in [-0.1, -0.05) is 20.8 Å². The maximum absolute atomic E-state index is 5.88. The summed E-state index contributed by atoms with van der Waals surface area (Å²) >= 11 is 3.37. The van der Waals surface area contributed by atoms with Crippen molar-refractivity contribution in [2.75, 3.05) is 20.0 Å². The first-order valence-electron chi connectivity index (χ1n) is 5.64. The lowest BCUT2D eigenvalue weighted by atomic mass is 9.88. The van der Waals surface area contributed by atoms with Crippen molar-refractivity contribution >= 4 is 21.7 Å². The third-order valence-corrected chi connectivity index (χ3v) is 3.36. The van der Waals surface area contributed by atoms with Crippen LogP contribution < -0.4 is 5.73 Å². The van der Waals surface area contributed by atoms with Crippen molar-refractivity contribution in [3.8, 4) is 0 Å². The third-order valence-electron chi connectivity index (χ3n) is 2.50. The molecule has 0 aliphatic heterocycles. The topological polar surface area (TPSA) is 70.3 Å². The van der Waals surface area contributed by atoms with E-state index in [2.05, 4.69) is 46.7 Å². The molecule has 102 valence electrons. The molecule has 0 bridgehead atoms. The van der Waals surface area contributed by atoms with Gasteiger partial charge in [-0.05, 0) is 21.3 Å². The van der Waals surface area contributed by atoms with E-state index in [0.717, 1.165) is 5.69 Å². The Balaban J connectivity index is 3.24. The Hall–Kier alpha value is -0.720. The lowest BCUT2D eigenvalue weighted by Gasteiger charge is -2.28. The summed E-state index contributed by atoms with van der Waals surface area (Å²) in [4.78, 5) is 8.76. The van der Waals surface area contributed by atoms with Crippen LogP contribution in [0.15, 0.2) is 4.47 Å². The zero-order chi connectivity index (χ0) is 13.9. The molecular formula is C12H20BrN3O2. The van der Waals surface area contributed by atoms with Crippen LogP contribution in [0.25, 0.3) is 0 Å². The van der Waals surface area contributed by atoms with Crippen molar-refractivity contribution in [3.05, 3.63) is 16.0 Å². The molecule has 0 aliphatic carbocycles. The molecule has 6 heteroatoms. The van der Waals surface area contributed by atoms with Crippen LogP contribution in [0.4, 0.5) is 5.82 Å². The summed E-state index contributed by atoms with van der Waals surface area (Å²) in [6, 6.07) is 0. The van der Waals surface area contributed by atoms with E-state index in [0.29, 0.717) is 22.7 Å². The predicted octanol–water partition coefficient (Wildman–Crippen LogP) is 2.70. The van der Waals surface area contributed by atoms with Crippen molar-refractivity contribution in [1.29, 1.82) is 0 Å². The molecular weight excluding hydrogens is 298 g/mol. The number of nitrogen functional groups attached to an aromatic ring is 1. The fraction of sp³-hybridized carbons (Fsp3) is 0.667. The third kappa shape index (κ3) is 3.40. The van der Waals surface area contributed by atoms with E-state index in [4.69, 9.17) is 15.2 Å². The van der Waals surface area contributed by atoms with Crippen LogP contribution in [-0.2, 0) is 16.1 Å². The second kappa shape index (κ2) is 5.95. The van der Waals surface area contributed by atoms with Gasteiger partial charge in [-0.25, -0.2) is 9.97 Å². The van der Waals surface area contributed by atoms with E-state index >= 15 is 0 Å². The van der Waals surface area contributed by atoms with Gasteiger partial charge in [0.2, 0.25) is 0 Å². The van der Waals surface area contributed by atoms with E-state index in [-0.39, 0.29) is 11.5 Å². The highest BCUT2D eigenvalue weighted by Crippen LogP contribution is 2.35. The first-order valence-corrected chi connectivity index (χ1v) is 6.44. The minimum atomic E-state index is -0.219. The molecule has 0 saturated carbocycles. The normalized spacial score (nSPS) is 13.7. The van der Waals surface area contributed by atoms with Crippen molar-refractivity contribution < 1.29 is 9.47 Å². The van der Waals surface area contributed by atoms with Gasteiger partial charge in [0.05, 0.1) is 16.8 Å². The van der Waals surface area contributed by atoms with Crippen LogP contribution in [0, 0.1) is 5.41 Å². The molecule has 0 spiro atoms. The molecule has 18 heavy (non-hydrogen) atoms. The van der Waals surface area contributed by atoms with Crippen molar-refractivity contribution in [3.63, 3.8) is 0 Å². The van der Waals surface area contributed by atoms with Gasteiger partial charge in [-0.3, -0.25) is 0 Å².